The van der Waals surface area contributed by atoms with Crippen LogP contribution in [0.4, 0.5) is 8.78 Å². The van der Waals surface area contributed by atoms with Crippen LogP contribution in [0.3, 0.4) is 0 Å². The van der Waals surface area contributed by atoms with Gasteiger partial charge >= 0.3 is 0 Å². The zero-order valence-electron chi connectivity index (χ0n) is 10.7. The Hall–Kier alpha value is -0.260. The van der Waals surface area contributed by atoms with Gasteiger partial charge < -0.3 is 15.2 Å². The minimum absolute atomic E-state index is 0.0239. The van der Waals surface area contributed by atoms with Gasteiger partial charge in [0.2, 0.25) is 0 Å². The summed E-state index contributed by atoms with van der Waals surface area (Å²) in [6.07, 6.45) is 3.36. The zero-order valence-corrected chi connectivity index (χ0v) is 10.7. The molecule has 18 heavy (non-hydrogen) atoms. The second-order valence-electron chi connectivity index (χ2n) is 5.59. The summed E-state index contributed by atoms with van der Waals surface area (Å²) >= 11 is 0. The van der Waals surface area contributed by atoms with Crippen molar-refractivity contribution in [3.63, 3.8) is 0 Å². The predicted molar refractivity (Wildman–Crippen MR) is 64.8 cm³/mol. The number of nitrogens with one attached hydrogen (secondary N) is 1. The van der Waals surface area contributed by atoms with Crippen molar-refractivity contribution >= 4 is 0 Å². The molecule has 1 heterocycles. The molecule has 2 unspecified atom stereocenters. The van der Waals surface area contributed by atoms with Crippen LogP contribution in [0, 0.1) is 0 Å². The Morgan fingerprint density at radius 3 is 2.67 bits per heavy atom. The van der Waals surface area contributed by atoms with E-state index in [1.165, 1.54) is 19.3 Å². The molecular weight excluding hydrogens is 240 g/mol. The van der Waals surface area contributed by atoms with Gasteiger partial charge in [-0.25, -0.2) is 8.78 Å². The molecule has 0 aromatic rings. The highest BCUT2D eigenvalue weighted by Crippen LogP contribution is 2.38. The van der Waals surface area contributed by atoms with E-state index in [-0.39, 0.29) is 18.2 Å². The molecule has 1 saturated carbocycles. The third-order valence-corrected chi connectivity index (χ3v) is 4.16. The standard InChI is InChI=1S/C13H23F2NO2/c14-12(15)11(17)9-16-10-4-7-18-13(8-10)5-2-1-3-6-13/h10-12,16-17H,1-9H2. The van der Waals surface area contributed by atoms with Crippen molar-refractivity contribution in [3.8, 4) is 0 Å². The summed E-state index contributed by atoms with van der Waals surface area (Å²) in [6.45, 7) is 0.668. The molecule has 0 amide bonds. The quantitative estimate of drug-likeness (QED) is 0.816. The zero-order chi connectivity index (χ0) is 13.0. The summed E-state index contributed by atoms with van der Waals surface area (Å²) in [6, 6.07) is 0.199. The number of aliphatic hydroxyl groups is 1. The van der Waals surface area contributed by atoms with Gasteiger partial charge in [0.05, 0.1) is 5.60 Å². The fourth-order valence-corrected chi connectivity index (χ4v) is 3.12. The number of hydrogen-bond acceptors (Lipinski definition) is 3. The van der Waals surface area contributed by atoms with Crippen LogP contribution < -0.4 is 5.32 Å². The Balaban J connectivity index is 1.79. The number of halogens is 2. The van der Waals surface area contributed by atoms with E-state index in [2.05, 4.69) is 5.32 Å². The first-order chi connectivity index (χ1) is 8.61. The van der Waals surface area contributed by atoms with E-state index >= 15 is 0 Å². The minimum Gasteiger partial charge on any atom is -0.386 e. The number of aliphatic hydroxyl groups excluding tert-OH is 1. The van der Waals surface area contributed by atoms with E-state index in [0.717, 1.165) is 25.7 Å². The number of ether oxygens (including phenoxy) is 1. The van der Waals surface area contributed by atoms with E-state index in [1.807, 2.05) is 0 Å². The van der Waals surface area contributed by atoms with Gasteiger partial charge in [-0.2, -0.15) is 0 Å². The molecule has 1 aliphatic heterocycles. The number of hydrogen-bond donors (Lipinski definition) is 2. The molecule has 0 bridgehead atoms. The van der Waals surface area contributed by atoms with Crippen molar-refractivity contribution in [1.82, 2.24) is 5.32 Å². The van der Waals surface area contributed by atoms with Gasteiger partial charge in [0.1, 0.15) is 6.10 Å². The molecule has 0 radical (unpaired) electrons. The van der Waals surface area contributed by atoms with Crippen molar-refractivity contribution in [2.45, 2.75) is 69.1 Å². The largest absolute Gasteiger partial charge is 0.386 e. The normalized spacial score (nSPS) is 29.7. The van der Waals surface area contributed by atoms with Crippen LogP contribution in [0.2, 0.25) is 0 Å². The van der Waals surface area contributed by atoms with E-state index in [0.29, 0.717) is 6.61 Å². The molecule has 5 heteroatoms. The minimum atomic E-state index is -2.67. The van der Waals surface area contributed by atoms with Crippen molar-refractivity contribution in [2.24, 2.45) is 0 Å². The first-order valence-electron chi connectivity index (χ1n) is 6.95. The highest BCUT2D eigenvalue weighted by molar-refractivity contribution is 4.92. The maximum atomic E-state index is 12.2. The van der Waals surface area contributed by atoms with Gasteiger partial charge in [0.15, 0.2) is 0 Å². The Morgan fingerprint density at radius 1 is 1.28 bits per heavy atom. The smallest absolute Gasteiger partial charge is 0.265 e. The second kappa shape index (κ2) is 6.26. The van der Waals surface area contributed by atoms with Crippen LogP contribution in [-0.2, 0) is 4.74 Å². The van der Waals surface area contributed by atoms with Crippen LogP contribution in [-0.4, -0.2) is 42.4 Å². The van der Waals surface area contributed by atoms with Gasteiger partial charge in [-0.05, 0) is 25.7 Å². The summed E-state index contributed by atoms with van der Waals surface area (Å²) in [4.78, 5) is 0. The van der Waals surface area contributed by atoms with E-state index in [9.17, 15) is 8.78 Å². The van der Waals surface area contributed by atoms with Gasteiger partial charge in [-0.3, -0.25) is 0 Å². The maximum Gasteiger partial charge on any atom is 0.265 e. The predicted octanol–water partition coefficient (Wildman–Crippen LogP) is 2.08. The molecule has 1 aliphatic carbocycles. The summed E-state index contributed by atoms with van der Waals surface area (Å²) in [5.41, 5.74) is -0.0239. The Morgan fingerprint density at radius 2 is 2.00 bits per heavy atom. The molecule has 0 aromatic heterocycles. The molecule has 106 valence electrons. The summed E-state index contributed by atoms with van der Waals surface area (Å²) in [5, 5.41) is 12.2. The fraction of sp³-hybridized carbons (Fsp3) is 1.00. The number of alkyl halides is 2. The number of rotatable bonds is 4. The van der Waals surface area contributed by atoms with E-state index < -0.39 is 12.5 Å². The lowest BCUT2D eigenvalue weighted by Crippen LogP contribution is -2.49. The highest BCUT2D eigenvalue weighted by Gasteiger charge is 2.38. The Bertz CT molecular complexity index is 252. The Labute approximate surface area is 107 Å². The molecule has 2 N–H and O–H groups in total. The van der Waals surface area contributed by atoms with Gasteiger partial charge in [0, 0.05) is 19.2 Å². The average molecular weight is 263 g/mol. The molecule has 2 fully saturated rings. The first kappa shape index (κ1) is 14.2. The average Bonchev–Trinajstić information content (AvgIpc) is 2.37. The van der Waals surface area contributed by atoms with Crippen LogP contribution in [0.1, 0.15) is 44.9 Å². The molecule has 2 aliphatic rings. The Kier molecular flexibility index (Phi) is 4.92. The van der Waals surface area contributed by atoms with Crippen molar-refractivity contribution in [3.05, 3.63) is 0 Å². The van der Waals surface area contributed by atoms with E-state index in [1.54, 1.807) is 0 Å². The molecule has 1 spiro atoms. The fourth-order valence-electron chi connectivity index (χ4n) is 3.12. The molecule has 0 aromatic carbocycles. The van der Waals surface area contributed by atoms with E-state index in [4.69, 9.17) is 9.84 Å². The van der Waals surface area contributed by atoms with Crippen molar-refractivity contribution < 1.29 is 18.6 Å². The highest BCUT2D eigenvalue weighted by atomic mass is 19.3. The van der Waals surface area contributed by atoms with Gasteiger partial charge in [-0.15, -0.1) is 0 Å². The molecule has 1 saturated heterocycles. The van der Waals surface area contributed by atoms with Crippen LogP contribution in [0.5, 0.6) is 0 Å². The SMILES string of the molecule is OC(CNC1CCOC2(CCCCC2)C1)C(F)F. The van der Waals surface area contributed by atoms with Crippen LogP contribution in [0.15, 0.2) is 0 Å². The van der Waals surface area contributed by atoms with Crippen molar-refractivity contribution in [2.75, 3.05) is 13.2 Å². The topological polar surface area (TPSA) is 41.5 Å². The van der Waals surface area contributed by atoms with Gasteiger partial charge in [-0.1, -0.05) is 19.3 Å². The summed E-state index contributed by atoms with van der Waals surface area (Å²) in [5.74, 6) is 0. The lowest BCUT2D eigenvalue weighted by Gasteiger charge is -2.44. The summed E-state index contributed by atoms with van der Waals surface area (Å²) in [7, 11) is 0. The van der Waals surface area contributed by atoms with Gasteiger partial charge in [0.25, 0.3) is 6.43 Å². The molecule has 2 atom stereocenters. The third kappa shape index (κ3) is 3.62. The second-order valence-corrected chi connectivity index (χ2v) is 5.59. The van der Waals surface area contributed by atoms with Crippen molar-refractivity contribution in [1.29, 1.82) is 0 Å². The maximum absolute atomic E-state index is 12.2. The molecule has 3 nitrogen and oxygen atoms in total. The third-order valence-electron chi connectivity index (χ3n) is 4.16. The first-order valence-corrected chi connectivity index (χ1v) is 6.95. The monoisotopic (exact) mass is 263 g/mol. The molecule has 2 rings (SSSR count). The lowest BCUT2D eigenvalue weighted by atomic mass is 9.78. The lowest BCUT2D eigenvalue weighted by molar-refractivity contribution is -0.110. The molecular formula is C13H23F2NO2. The van der Waals surface area contributed by atoms with Crippen LogP contribution in [0.25, 0.3) is 0 Å². The summed E-state index contributed by atoms with van der Waals surface area (Å²) < 4.78 is 30.4. The van der Waals surface area contributed by atoms with Crippen LogP contribution >= 0.6 is 0 Å².